The van der Waals surface area contributed by atoms with Crippen LogP contribution in [0.5, 0.6) is 0 Å². The Labute approximate surface area is 136 Å². The summed E-state index contributed by atoms with van der Waals surface area (Å²) in [5.74, 6) is 0.0203. The highest BCUT2D eigenvalue weighted by Crippen LogP contribution is 2.16. The third-order valence-electron chi connectivity index (χ3n) is 3.72. The lowest BCUT2D eigenvalue weighted by Gasteiger charge is -2.26. The maximum atomic E-state index is 12.5. The highest BCUT2D eigenvalue weighted by atomic mass is 35.5. The SMILES string of the molecule is CC(C)[C@H](NC(=O)Nc1cccc(Cl)c1)C(=O)N1CCCC1. The average Bonchev–Trinajstić information content (AvgIpc) is 2.98. The summed E-state index contributed by atoms with van der Waals surface area (Å²) in [7, 11) is 0. The van der Waals surface area contributed by atoms with Gasteiger partial charge in [-0.25, -0.2) is 4.79 Å². The molecule has 6 heteroatoms. The third kappa shape index (κ3) is 4.37. The first-order valence-corrected chi connectivity index (χ1v) is 7.97. The molecule has 5 nitrogen and oxygen atoms in total. The highest BCUT2D eigenvalue weighted by Gasteiger charge is 2.29. The largest absolute Gasteiger partial charge is 0.341 e. The van der Waals surface area contributed by atoms with E-state index in [4.69, 9.17) is 11.6 Å². The van der Waals surface area contributed by atoms with E-state index in [1.807, 2.05) is 18.7 Å². The normalized spacial score (nSPS) is 15.7. The number of anilines is 1. The van der Waals surface area contributed by atoms with Gasteiger partial charge in [0.15, 0.2) is 0 Å². The van der Waals surface area contributed by atoms with Crippen molar-refractivity contribution in [3.63, 3.8) is 0 Å². The number of benzene rings is 1. The van der Waals surface area contributed by atoms with E-state index in [0.29, 0.717) is 10.7 Å². The molecule has 1 aromatic rings. The van der Waals surface area contributed by atoms with E-state index in [-0.39, 0.29) is 11.8 Å². The molecule has 3 amide bonds. The number of carbonyl (C=O) groups excluding carboxylic acids is 2. The standard InChI is InChI=1S/C16H22ClN3O2/c1-11(2)14(15(21)20-8-3-4-9-20)19-16(22)18-13-7-5-6-12(17)10-13/h5-7,10-11,14H,3-4,8-9H2,1-2H3,(H2,18,19,22)/t14-/m0/s1. The molecule has 0 unspecified atom stereocenters. The molecule has 0 aliphatic carbocycles. The van der Waals surface area contributed by atoms with Gasteiger partial charge in [-0.1, -0.05) is 31.5 Å². The molecule has 0 bridgehead atoms. The fourth-order valence-corrected chi connectivity index (χ4v) is 2.71. The summed E-state index contributed by atoms with van der Waals surface area (Å²) in [6.45, 7) is 5.41. The zero-order valence-corrected chi connectivity index (χ0v) is 13.7. The zero-order valence-electron chi connectivity index (χ0n) is 12.9. The molecule has 2 rings (SSSR count). The Morgan fingerprint density at radius 2 is 1.91 bits per heavy atom. The van der Waals surface area contributed by atoms with Crippen molar-refractivity contribution in [3.8, 4) is 0 Å². The van der Waals surface area contributed by atoms with E-state index < -0.39 is 12.1 Å². The van der Waals surface area contributed by atoms with Crippen LogP contribution in [-0.2, 0) is 4.79 Å². The van der Waals surface area contributed by atoms with Crippen molar-refractivity contribution in [2.45, 2.75) is 32.7 Å². The molecule has 1 aromatic carbocycles. The molecule has 0 spiro atoms. The molecule has 1 atom stereocenters. The lowest BCUT2D eigenvalue weighted by Crippen LogP contribution is -2.51. The summed E-state index contributed by atoms with van der Waals surface area (Å²) in [5, 5.41) is 6.03. The number of rotatable bonds is 4. The van der Waals surface area contributed by atoms with Gasteiger partial charge in [0.2, 0.25) is 5.91 Å². The van der Waals surface area contributed by atoms with Crippen LogP contribution in [0.1, 0.15) is 26.7 Å². The number of hydrogen-bond acceptors (Lipinski definition) is 2. The number of carbonyl (C=O) groups is 2. The molecular weight excluding hydrogens is 302 g/mol. The van der Waals surface area contributed by atoms with E-state index in [1.54, 1.807) is 24.3 Å². The third-order valence-corrected chi connectivity index (χ3v) is 3.95. The molecule has 22 heavy (non-hydrogen) atoms. The van der Waals surface area contributed by atoms with Crippen LogP contribution in [0.4, 0.5) is 10.5 Å². The van der Waals surface area contributed by atoms with Crippen molar-refractivity contribution in [2.75, 3.05) is 18.4 Å². The minimum atomic E-state index is -0.516. The fraction of sp³-hybridized carbons (Fsp3) is 0.500. The Morgan fingerprint density at radius 3 is 2.50 bits per heavy atom. The molecule has 1 saturated heterocycles. The van der Waals surface area contributed by atoms with Crippen LogP contribution in [0.3, 0.4) is 0 Å². The van der Waals surface area contributed by atoms with Gasteiger partial charge >= 0.3 is 6.03 Å². The van der Waals surface area contributed by atoms with Gasteiger partial charge in [0, 0.05) is 23.8 Å². The molecule has 2 N–H and O–H groups in total. The summed E-state index contributed by atoms with van der Waals surface area (Å²) in [5.41, 5.74) is 0.598. The lowest BCUT2D eigenvalue weighted by atomic mass is 10.0. The first-order chi connectivity index (χ1) is 10.5. The number of halogens is 1. The average molecular weight is 324 g/mol. The second-order valence-electron chi connectivity index (χ2n) is 5.86. The number of urea groups is 1. The van der Waals surface area contributed by atoms with Gasteiger partial charge in [-0.2, -0.15) is 0 Å². The Kier molecular flexibility index (Phi) is 5.66. The van der Waals surface area contributed by atoms with Gasteiger partial charge in [0.05, 0.1) is 0 Å². The molecular formula is C16H22ClN3O2. The lowest BCUT2D eigenvalue weighted by molar-refractivity contribution is -0.133. The second kappa shape index (κ2) is 7.49. The molecule has 0 radical (unpaired) electrons. The zero-order chi connectivity index (χ0) is 16.1. The van der Waals surface area contributed by atoms with Crippen molar-refractivity contribution < 1.29 is 9.59 Å². The van der Waals surface area contributed by atoms with Crippen molar-refractivity contribution >= 4 is 29.2 Å². The first-order valence-electron chi connectivity index (χ1n) is 7.59. The second-order valence-corrected chi connectivity index (χ2v) is 6.30. The van der Waals surface area contributed by atoms with Crippen LogP contribution in [0.25, 0.3) is 0 Å². The van der Waals surface area contributed by atoms with Crippen molar-refractivity contribution in [3.05, 3.63) is 29.3 Å². The Balaban J connectivity index is 1.98. The number of nitrogens with zero attached hydrogens (tertiary/aromatic N) is 1. The molecule has 120 valence electrons. The highest BCUT2D eigenvalue weighted by molar-refractivity contribution is 6.30. The fourth-order valence-electron chi connectivity index (χ4n) is 2.52. The summed E-state index contributed by atoms with van der Waals surface area (Å²) in [4.78, 5) is 26.4. The van der Waals surface area contributed by atoms with E-state index in [2.05, 4.69) is 10.6 Å². The minimum absolute atomic E-state index is 0.00579. The summed E-state index contributed by atoms with van der Waals surface area (Å²) in [6.07, 6.45) is 2.07. The van der Waals surface area contributed by atoms with Crippen molar-refractivity contribution in [1.29, 1.82) is 0 Å². The summed E-state index contributed by atoms with van der Waals surface area (Å²) in [6, 6.07) is 5.99. The van der Waals surface area contributed by atoms with Crippen LogP contribution in [-0.4, -0.2) is 36.0 Å². The van der Waals surface area contributed by atoms with Crippen molar-refractivity contribution in [2.24, 2.45) is 5.92 Å². The van der Waals surface area contributed by atoms with E-state index >= 15 is 0 Å². The maximum absolute atomic E-state index is 12.5. The van der Waals surface area contributed by atoms with Crippen LogP contribution < -0.4 is 10.6 Å². The van der Waals surface area contributed by atoms with Gasteiger partial charge in [-0.3, -0.25) is 4.79 Å². The number of likely N-dealkylation sites (tertiary alicyclic amines) is 1. The topological polar surface area (TPSA) is 61.4 Å². The van der Waals surface area contributed by atoms with E-state index in [0.717, 1.165) is 25.9 Å². The van der Waals surface area contributed by atoms with Gasteiger partial charge in [0.25, 0.3) is 0 Å². The predicted molar refractivity (Wildman–Crippen MR) is 88.0 cm³/mol. The molecule has 1 aliphatic rings. The van der Waals surface area contributed by atoms with Gasteiger partial charge < -0.3 is 15.5 Å². The van der Waals surface area contributed by atoms with Crippen LogP contribution >= 0.6 is 11.6 Å². The Hall–Kier alpha value is -1.75. The van der Waals surface area contributed by atoms with Crippen LogP contribution in [0, 0.1) is 5.92 Å². The number of amides is 3. The Morgan fingerprint density at radius 1 is 1.23 bits per heavy atom. The summed E-state index contributed by atoms with van der Waals surface area (Å²) < 4.78 is 0. The molecule has 0 saturated carbocycles. The molecule has 1 aliphatic heterocycles. The van der Waals surface area contributed by atoms with Crippen molar-refractivity contribution in [1.82, 2.24) is 10.2 Å². The molecule has 0 aromatic heterocycles. The predicted octanol–water partition coefficient (Wildman–Crippen LogP) is 3.11. The Bertz CT molecular complexity index is 542. The molecule has 1 fully saturated rings. The quantitative estimate of drug-likeness (QED) is 0.894. The molecule has 1 heterocycles. The van der Waals surface area contributed by atoms with E-state index in [1.165, 1.54) is 0 Å². The first kappa shape index (κ1) is 16.6. The van der Waals surface area contributed by atoms with E-state index in [9.17, 15) is 9.59 Å². The number of hydrogen-bond donors (Lipinski definition) is 2. The minimum Gasteiger partial charge on any atom is -0.341 e. The summed E-state index contributed by atoms with van der Waals surface area (Å²) >= 11 is 5.89. The smallest absolute Gasteiger partial charge is 0.319 e. The van der Waals surface area contributed by atoms with Gasteiger partial charge in [-0.05, 0) is 37.0 Å². The monoisotopic (exact) mass is 323 g/mol. The number of nitrogens with one attached hydrogen (secondary N) is 2. The van der Waals surface area contributed by atoms with Crippen LogP contribution in [0.2, 0.25) is 5.02 Å². The van der Waals surface area contributed by atoms with Crippen LogP contribution in [0.15, 0.2) is 24.3 Å². The maximum Gasteiger partial charge on any atom is 0.319 e. The van der Waals surface area contributed by atoms with Gasteiger partial charge in [0.1, 0.15) is 6.04 Å². The van der Waals surface area contributed by atoms with Gasteiger partial charge in [-0.15, -0.1) is 0 Å².